The lowest BCUT2D eigenvalue weighted by molar-refractivity contribution is -0.141. The fourth-order valence-electron chi connectivity index (χ4n) is 1.46. The lowest BCUT2D eigenvalue weighted by Gasteiger charge is -2.40. The Morgan fingerprint density at radius 2 is 2.19 bits per heavy atom. The molecule has 1 fully saturated rings. The predicted molar refractivity (Wildman–Crippen MR) is 60.7 cm³/mol. The molecule has 1 saturated heterocycles. The van der Waals surface area contributed by atoms with Gasteiger partial charge in [-0.05, 0) is 20.3 Å². The van der Waals surface area contributed by atoms with Crippen molar-refractivity contribution in [2.75, 3.05) is 13.1 Å². The van der Waals surface area contributed by atoms with Crippen LogP contribution in [0.2, 0.25) is 0 Å². The van der Waals surface area contributed by atoms with Crippen LogP contribution in [-0.4, -0.2) is 41.3 Å². The number of piperazine rings is 1. The number of carbonyl (C=O) groups is 2. The van der Waals surface area contributed by atoms with Crippen LogP contribution in [0.25, 0.3) is 0 Å². The van der Waals surface area contributed by atoms with Crippen molar-refractivity contribution in [3.8, 4) is 0 Å². The predicted octanol–water partition coefficient (Wildman–Crippen LogP) is -0.552. The van der Waals surface area contributed by atoms with Crippen LogP contribution < -0.4 is 11.1 Å². The average Bonchev–Trinajstić information content (AvgIpc) is 2.20. The quantitative estimate of drug-likeness (QED) is 0.375. The molecule has 0 atom stereocenters. The Labute approximate surface area is 94.9 Å². The van der Waals surface area contributed by atoms with Crippen molar-refractivity contribution in [1.82, 2.24) is 10.2 Å². The highest BCUT2D eigenvalue weighted by molar-refractivity contribution is 6.06. The van der Waals surface area contributed by atoms with E-state index in [0.717, 1.165) is 6.42 Å². The Bertz CT molecular complexity index is 336. The Morgan fingerprint density at radius 3 is 2.75 bits per heavy atom. The van der Waals surface area contributed by atoms with Gasteiger partial charge in [0.25, 0.3) is 5.91 Å². The van der Waals surface area contributed by atoms with Gasteiger partial charge < -0.3 is 10.6 Å². The summed E-state index contributed by atoms with van der Waals surface area (Å²) in [6, 6.07) is 0. The average molecular weight is 226 g/mol. The molecule has 0 aromatic heterocycles. The van der Waals surface area contributed by atoms with Gasteiger partial charge in [-0.1, -0.05) is 6.92 Å². The van der Waals surface area contributed by atoms with Crippen LogP contribution in [0.15, 0.2) is 4.99 Å². The number of amides is 2. The normalized spacial score (nSPS) is 20.9. The summed E-state index contributed by atoms with van der Waals surface area (Å²) in [6.45, 7) is 6.06. The molecule has 1 aliphatic rings. The minimum Gasteiger partial charge on any atom is -0.370 e. The molecule has 6 heteroatoms. The fourth-order valence-corrected chi connectivity index (χ4v) is 1.46. The number of hydrogen-bond donors (Lipinski definition) is 2. The summed E-state index contributed by atoms with van der Waals surface area (Å²) < 4.78 is 0. The van der Waals surface area contributed by atoms with Crippen LogP contribution in [0.1, 0.15) is 27.2 Å². The third-order valence-corrected chi connectivity index (χ3v) is 2.56. The Morgan fingerprint density at radius 1 is 1.56 bits per heavy atom. The Kier molecular flexibility index (Phi) is 3.51. The van der Waals surface area contributed by atoms with Crippen molar-refractivity contribution in [2.45, 2.75) is 32.7 Å². The second kappa shape index (κ2) is 4.51. The van der Waals surface area contributed by atoms with Crippen LogP contribution in [0, 0.1) is 0 Å². The van der Waals surface area contributed by atoms with Gasteiger partial charge in [-0.2, -0.15) is 0 Å². The SMILES string of the molecule is CCCN=C(N)N1CC(=O)NC(=O)C1(C)C. The lowest BCUT2D eigenvalue weighted by Crippen LogP contribution is -2.66. The van der Waals surface area contributed by atoms with Crippen molar-refractivity contribution in [3.05, 3.63) is 0 Å². The highest BCUT2D eigenvalue weighted by atomic mass is 16.2. The van der Waals surface area contributed by atoms with Gasteiger partial charge in [0.1, 0.15) is 12.1 Å². The van der Waals surface area contributed by atoms with Crippen LogP contribution in [0.5, 0.6) is 0 Å². The third-order valence-electron chi connectivity index (χ3n) is 2.56. The van der Waals surface area contributed by atoms with E-state index in [4.69, 9.17) is 5.73 Å². The molecule has 0 radical (unpaired) electrons. The van der Waals surface area contributed by atoms with Crippen LogP contribution in [0.3, 0.4) is 0 Å². The number of imide groups is 1. The van der Waals surface area contributed by atoms with Gasteiger partial charge in [0.15, 0.2) is 5.96 Å². The maximum Gasteiger partial charge on any atom is 0.252 e. The number of rotatable bonds is 2. The first-order chi connectivity index (χ1) is 7.39. The van der Waals surface area contributed by atoms with Crippen molar-refractivity contribution in [2.24, 2.45) is 10.7 Å². The van der Waals surface area contributed by atoms with Crippen molar-refractivity contribution in [3.63, 3.8) is 0 Å². The lowest BCUT2D eigenvalue weighted by atomic mass is 9.99. The van der Waals surface area contributed by atoms with Crippen LogP contribution >= 0.6 is 0 Å². The number of guanidine groups is 1. The number of nitrogens with two attached hydrogens (primary N) is 1. The van der Waals surface area contributed by atoms with Gasteiger partial charge in [0, 0.05) is 6.54 Å². The Hall–Kier alpha value is -1.59. The second-order valence-electron chi connectivity index (χ2n) is 4.26. The first-order valence-corrected chi connectivity index (χ1v) is 5.31. The van der Waals surface area contributed by atoms with Crippen molar-refractivity contribution in [1.29, 1.82) is 0 Å². The standard InChI is InChI=1S/C10H18N4O2/c1-4-5-12-9(11)14-6-7(15)13-8(16)10(14,2)3/h4-6H2,1-3H3,(H2,11,12)(H,13,15,16). The summed E-state index contributed by atoms with van der Waals surface area (Å²) in [5, 5.41) is 2.28. The molecule has 0 aliphatic carbocycles. The molecule has 0 bridgehead atoms. The van der Waals surface area contributed by atoms with E-state index in [1.165, 1.54) is 4.90 Å². The van der Waals surface area contributed by atoms with E-state index in [1.807, 2.05) is 6.92 Å². The van der Waals surface area contributed by atoms with E-state index in [0.29, 0.717) is 6.54 Å². The molecule has 1 heterocycles. The number of hydrogen-bond acceptors (Lipinski definition) is 3. The van der Waals surface area contributed by atoms with Gasteiger partial charge in [-0.15, -0.1) is 0 Å². The third kappa shape index (κ3) is 2.32. The molecule has 0 saturated carbocycles. The maximum absolute atomic E-state index is 11.6. The molecule has 0 aromatic rings. The minimum atomic E-state index is -0.838. The Balaban J connectivity index is 2.91. The minimum absolute atomic E-state index is 0.0672. The molecular formula is C10H18N4O2. The topological polar surface area (TPSA) is 87.8 Å². The fraction of sp³-hybridized carbons (Fsp3) is 0.700. The number of nitrogens with zero attached hydrogens (tertiary/aromatic N) is 2. The molecule has 1 aliphatic heterocycles. The first kappa shape index (κ1) is 12.5. The van der Waals surface area contributed by atoms with E-state index in [9.17, 15) is 9.59 Å². The number of carbonyl (C=O) groups excluding carboxylic acids is 2. The zero-order chi connectivity index (χ0) is 12.3. The first-order valence-electron chi connectivity index (χ1n) is 5.31. The van der Waals surface area contributed by atoms with Crippen LogP contribution in [-0.2, 0) is 9.59 Å². The summed E-state index contributed by atoms with van der Waals surface area (Å²) in [6.07, 6.45) is 0.870. The summed E-state index contributed by atoms with van der Waals surface area (Å²) in [5.41, 5.74) is 4.94. The van der Waals surface area contributed by atoms with Crippen molar-refractivity contribution >= 4 is 17.8 Å². The molecule has 16 heavy (non-hydrogen) atoms. The van der Waals surface area contributed by atoms with Crippen LogP contribution in [0.4, 0.5) is 0 Å². The highest BCUT2D eigenvalue weighted by Gasteiger charge is 2.41. The molecule has 90 valence electrons. The number of nitrogens with one attached hydrogen (secondary N) is 1. The molecule has 0 aromatic carbocycles. The highest BCUT2D eigenvalue weighted by Crippen LogP contribution is 2.17. The zero-order valence-corrected chi connectivity index (χ0v) is 9.91. The molecule has 1 rings (SSSR count). The molecule has 0 spiro atoms. The summed E-state index contributed by atoms with van der Waals surface area (Å²) in [5.74, 6) is -0.451. The summed E-state index contributed by atoms with van der Waals surface area (Å²) in [4.78, 5) is 28.5. The van der Waals surface area contributed by atoms with Gasteiger partial charge in [0.2, 0.25) is 5.91 Å². The molecule has 2 amide bonds. The van der Waals surface area contributed by atoms with Crippen molar-refractivity contribution < 1.29 is 9.59 Å². The van der Waals surface area contributed by atoms with Gasteiger partial charge >= 0.3 is 0 Å². The van der Waals surface area contributed by atoms with E-state index in [2.05, 4.69) is 10.3 Å². The van der Waals surface area contributed by atoms with E-state index in [-0.39, 0.29) is 24.3 Å². The molecular weight excluding hydrogens is 208 g/mol. The summed E-state index contributed by atoms with van der Waals surface area (Å²) >= 11 is 0. The molecule has 3 N–H and O–H groups in total. The van der Waals surface area contributed by atoms with Gasteiger partial charge in [-0.3, -0.25) is 19.9 Å². The largest absolute Gasteiger partial charge is 0.370 e. The number of aliphatic imine (C=N–C) groups is 1. The monoisotopic (exact) mass is 226 g/mol. The molecule has 0 unspecified atom stereocenters. The maximum atomic E-state index is 11.6. The zero-order valence-electron chi connectivity index (χ0n) is 9.91. The van der Waals surface area contributed by atoms with E-state index >= 15 is 0 Å². The second-order valence-corrected chi connectivity index (χ2v) is 4.26. The summed E-state index contributed by atoms with van der Waals surface area (Å²) in [7, 11) is 0. The smallest absolute Gasteiger partial charge is 0.252 e. The van der Waals surface area contributed by atoms with Gasteiger partial charge in [-0.25, -0.2) is 0 Å². The van der Waals surface area contributed by atoms with Gasteiger partial charge in [0.05, 0.1) is 0 Å². The van der Waals surface area contributed by atoms with E-state index < -0.39 is 5.54 Å². The van der Waals surface area contributed by atoms with E-state index in [1.54, 1.807) is 13.8 Å². The molecule has 6 nitrogen and oxygen atoms in total.